The number of fused-ring (bicyclic) bond motifs is 1. The number of amides is 1. The van der Waals surface area contributed by atoms with Gasteiger partial charge in [0.25, 0.3) is 5.56 Å². The predicted molar refractivity (Wildman–Crippen MR) is 137 cm³/mol. The zero-order valence-corrected chi connectivity index (χ0v) is 20.7. The van der Waals surface area contributed by atoms with E-state index in [-0.39, 0.29) is 22.8 Å². The fourth-order valence-electron chi connectivity index (χ4n) is 7.24. The van der Waals surface area contributed by atoms with Gasteiger partial charge in [0.1, 0.15) is 0 Å². The average Bonchev–Trinajstić information content (AvgIpc) is 2.76. The molecule has 0 unspecified atom stereocenters. The molecule has 176 valence electrons. The summed E-state index contributed by atoms with van der Waals surface area (Å²) in [5.74, 6) is 2.68. The van der Waals surface area contributed by atoms with Crippen LogP contribution in [-0.2, 0) is 4.79 Å². The number of hydrogen-bond donors (Lipinski definition) is 1. The molecule has 3 aromatic rings. The van der Waals surface area contributed by atoms with E-state index in [4.69, 9.17) is 4.98 Å². The van der Waals surface area contributed by atoms with Gasteiger partial charge in [-0.05, 0) is 106 Å². The molecule has 0 atom stereocenters. The number of nitrogens with zero attached hydrogens (tertiary/aromatic N) is 2. The minimum Gasteiger partial charge on any atom is -0.350 e. The maximum absolute atomic E-state index is 13.5. The van der Waals surface area contributed by atoms with Gasteiger partial charge in [-0.25, -0.2) is 4.98 Å². The quantitative estimate of drug-likeness (QED) is 0.410. The summed E-state index contributed by atoms with van der Waals surface area (Å²) in [6, 6.07) is 13.5. The molecule has 4 fully saturated rings. The number of carbonyl (C=O) groups is 1. The van der Waals surface area contributed by atoms with Crippen LogP contribution in [0.2, 0.25) is 0 Å². The second-order valence-corrected chi connectivity index (χ2v) is 11.9. The molecule has 2 aromatic carbocycles. The van der Waals surface area contributed by atoms with Crippen LogP contribution in [0.25, 0.3) is 16.6 Å². The summed E-state index contributed by atoms with van der Waals surface area (Å²) in [6.07, 6.45) is 7.47. The van der Waals surface area contributed by atoms with E-state index in [9.17, 15) is 9.59 Å². The van der Waals surface area contributed by atoms with Crippen LogP contribution >= 0.6 is 11.8 Å². The van der Waals surface area contributed by atoms with Crippen LogP contribution in [0.4, 0.5) is 0 Å². The van der Waals surface area contributed by atoms with E-state index in [0.717, 1.165) is 53.8 Å². The molecule has 5 nitrogen and oxygen atoms in total. The second-order valence-electron chi connectivity index (χ2n) is 10.9. The Morgan fingerprint density at radius 3 is 2.29 bits per heavy atom. The molecular weight excluding hydrogens is 442 g/mol. The van der Waals surface area contributed by atoms with Crippen molar-refractivity contribution in [3.63, 3.8) is 0 Å². The molecule has 4 aliphatic carbocycles. The third-order valence-electron chi connectivity index (χ3n) is 7.98. The number of rotatable bonds is 5. The summed E-state index contributed by atoms with van der Waals surface area (Å²) in [7, 11) is 0. The highest BCUT2D eigenvalue weighted by molar-refractivity contribution is 7.99. The van der Waals surface area contributed by atoms with E-state index in [1.165, 1.54) is 31.0 Å². The Morgan fingerprint density at radius 2 is 1.65 bits per heavy atom. The molecule has 1 aromatic heterocycles. The van der Waals surface area contributed by atoms with Crippen LogP contribution in [0.15, 0.2) is 52.4 Å². The Hall–Kier alpha value is -2.60. The first-order valence-corrected chi connectivity index (χ1v) is 13.4. The van der Waals surface area contributed by atoms with Crippen molar-refractivity contribution in [2.75, 3.05) is 5.75 Å². The van der Waals surface area contributed by atoms with Crippen LogP contribution in [0.1, 0.15) is 49.7 Å². The zero-order chi connectivity index (χ0) is 23.4. The molecule has 1 N–H and O–H groups in total. The van der Waals surface area contributed by atoms with Gasteiger partial charge >= 0.3 is 0 Å². The standard InChI is InChI=1S/C28H31N3O2S/c1-17-7-18(2)9-22(8-17)31-26(33)23-5-3-4-6-24(23)29-27(31)34-16-25(32)30-28-13-19-10-20(14-28)12-21(11-19)15-28/h3-9,19-21H,10-16H2,1-2H3,(H,30,32). The SMILES string of the molecule is Cc1cc(C)cc(-n2c(SCC(=O)NC34CC5CC(CC(C5)C3)C4)nc3ccccc3c2=O)c1. The van der Waals surface area contributed by atoms with Gasteiger partial charge in [0.15, 0.2) is 5.16 Å². The van der Waals surface area contributed by atoms with E-state index in [1.54, 1.807) is 4.57 Å². The summed E-state index contributed by atoms with van der Waals surface area (Å²) in [4.78, 5) is 31.5. The summed E-state index contributed by atoms with van der Waals surface area (Å²) < 4.78 is 1.67. The Labute approximate surface area is 204 Å². The lowest BCUT2D eigenvalue weighted by Gasteiger charge is -2.56. The molecule has 6 heteroatoms. The number of aromatic nitrogens is 2. The Morgan fingerprint density at radius 1 is 1.03 bits per heavy atom. The minimum absolute atomic E-state index is 0.00344. The first kappa shape index (κ1) is 21.9. The minimum atomic E-state index is -0.0976. The molecular formula is C28H31N3O2S. The lowest BCUT2D eigenvalue weighted by molar-refractivity contribution is -0.124. The van der Waals surface area contributed by atoms with Crippen LogP contribution in [0, 0.1) is 31.6 Å². The van der Waals surface area contributed by atoms with E-state index in [2.05, 4.69) is 11.4 Å². The third kappa shape index (κ3) is 3.96. The summed E-state index contributed by atoms with van der Waals surface area (Å²) in [5, 5.41) is 4.60. The van der Waals surface area contributed by atoms with Crippen molar-refractivity contribution in [3.05, 3.63) is 63.9 Å². The molecule has 34 heavy (non-hydrogen) atoms. The third-order valence-corrected chi connectivity index (χ3v) is 8.92. The molecule has 4 bridgehead atoms. The average molecular weight is 474 g/mol. The summed E-state index contributed by atoms with van der Waals surface area (Å²) >= 11 is 1.36. The van der Waals surface area contributed by atoms with Crippen LogP contribution < -0.4 is 10.9 Å². The maximum Gasteiger partial charge on any atom is 0.266 e. The topological polar surface area (TPSA) is 64.0 Å². The molecule has 1 heterocycles. The molecule has 4 aliphatic rings. The number of benzene rings is 2. The molecule has 0 saturated heterocycles. The summed E-state index contributed by atoms with van der Waals surface area (Å²) in [5.41, 5.74) is 3.54. The number of thioether (sulfide) groups is 1. The first-order chi connectivity index (χ1) is 16.4. The highest BCUT2D eigenvalue weighted by atomic mass is 32.2. The number of carbonyl (C=O) groups excluding carboxylic acids is 1. The largest absolute Gasteiger partial charge is 0.350 e. The lowest BCUT2D eigenvalue weighted by atomic mass is 9.53. The Bertz CT molecular complexity index is 1290. The number of hydrogen-bond acceptors (Lipinski definition) is 4. The van der Waals surface area contributed by atoms with Gasteiger partial charge in [0.05, 0.1) is 22.3 Å². The van der Waals surface area contributed by atoms with Crippen LogP contribution in [0.3, 0.4) is 0 Å². The number of aryl methyl sites for hydroxylation is 2. The van der Waals surface area contributed by atoms with Crippen molar-refractivity contribution in [1.29, 1.82) is 0 Å². The highest BCUT2D eigenvalue weighted by Crippen LogP contribution is 2.55. The Balaban J connectivity index is 1.29. The number of nitrogens with one attached hydrogen (secondary N) is 1. The molecule has 7 rings (SSSR count). The lowest BCUT2D eigenvalue weighted by Crippen LogP contribution is -2.60. The molecule has 4 saturated carbocycles. The highest BCUT2D eigenvalue weighted by Gasteiger charge is 2.51. The Kier molecular flexibility index (Phi) is 5.32. The van der Waals surface area contributed by atoms with E-state index in [1.807, 2.05) is 50.2 Å². The van der Waals surface area contributed by atoms with Gasteiger partial charge in [-0.3, -0.25) is 14.2 Å². The second kappa shape index (κ2) is 8.26. The first-order valence-electron chi connectivity index (χ1n) is 12.4. The summed E-state index contributed by atoms with van der Waals surface area (Å²) in [6.45, 7) is 4.06. The van der Waals surface area contributed by atoms with Gasteiger partial charge in [-0.2, -0.15) is 0 Å². The molecule has 0 radical (unpaired) electrons. The zero-order valence-electron chi connectivity index (χ0n) is 19.8. The number of para-hydroxylation sites is 1. The fourth-order valence-corrected chi connectivity index (χ4v) is 8.05. The van der Waals surface area contributed by atoms with Crippen molar-refractivity contribution in [2.24, 2.45) is 17.8 Å². The fraction of sp³-hybridized carbons (Fsp3) is 0.464. The van der Waals surface area contributed by atoms with Crippen LogP contribution in [-0.4, -0.2) is 26.8 Å². The van der Waals surface area contributed by atoms with Crippen molar-refractivity contribution in [1.82, 2.24) is 14.9 Å². The van der Waals surface area contributed by atoms with Crippen molar-refractivity contribution in [3.8, 4) is 5.69 Å². The molecule has 0 aliphatic heterocycles. The van der Waals surface area contributed by atoms with Crippen molar-refractivity contribution in [2.45, 2.75) is 63.1 Å². The smallest absolute Gasteiger partial charge is 0.266 e. The predicted octanol–water partition coefficient (Wildman–Crippen LogP) is 5.18. The van der Waals surface area contributed by atoms with Gasteiger partial charge in [0.2, 0.25) is 5.91 Å². The van der Waals surface area contributed by atoms with Gasteiger partial charge in [-0.1, -0.05) is 30.0 Å². The van der Waals surface area contributed by atoms with Gasteiger partial charge in [0, 0.05) is 5.54 Å². The van der Waals surface area contributed by atoms with Gasteiger partial charge in [-0.15, -0.1) is 0 Å². The van der Waals surface area contributed by atoms with Crippen molar-refractivity contribution < 1.29 is 4.79 Å². The maximum atomic E-state index is 13.5. The van der Waals surface area contributed by atoms with E-state index >= 15 is 0 Å². The van der Waals surface area contributed by atoms with E-state index < -0.39 is 0 Å². The molecule has 0 spiro atoms. The normalized spacial score (nSPS) is 27.3. The van der Waals surface area contributed by atoms with Crippen molar-refractivity contribution >= 4 is 28.6 Å². The molecule has 1 amide bonds. The van der Waals surface area contributed by atoms with Gasteiger partial charge < -0.3 is 5.32 Å². The van der Waals surface area contributed by atoms with E-state index in [0.29, 0.717) is 16.1 Å². The van der Waals surface area contributed by atoms with Crippen LogP contribution in [0.5, 0.6) is 0 Å². The monoisotopic (exact) mass is 473 g/mol.